The van der Waals surface area contributed by atoms with Gasteiger partial charge in [0.15, 0.2) is 11.5 Å². The molecule has 6 nitrogen and oxygen atoms in total. The first kappa shape index (κ1) is 21.0. The summed E-state index contributed by atoms with van der Waals surface area (Å²) in [6.45, 7) is 9.12. The van der Waals surface area contributed by atoms with Crippen molar-refractivity contribution in [3.05, 3.63) is 53.6 Å². The van der Waals surface area contributed by atoms with Gasteiger partial charge >= 0.3 is 0 Å². The number of rotatable bonds is 8. The molecule has 2 heterocycles. The maximum atomic E-state index is 10.4. The molecular weight excluding hydrogens is 380 g/mol. The molecule has 2 aliphatic rings. The fourth-order valence-corrected chi connectivity index (χ4v) is 3.94. The van der Waals surface area contributed by atoms with Crippen LogP contribution in [0.5, 0.6) is 17.2 Å². The Labute approximate surface area is 179 Å². The van der Waals surface area contributed by atoms with Gasteiger partial charge in [-0.3, -0.25) is 9.80 Å². The Morgan fingerprint density at radius 2 is 1.57 bits per heavy atom. The number of aliphatic hydroxyl groups is 1. The molecule has 2 aromatic rings. The van der Waals surface area contributed by atoms with Crippen LogP contribution in [0.15, 0.2) is 42.5 Å². The van der Waals surface area contributed by atoms with Gasteiger partial charge < -0.3 is 19.3 Å². The summed E-state index contributed by atoms with van der Waals surface area (Å²) in [5.41, 5.74) is 2.53. The van der Waals surface area contributed by atoms with Crippen LogP contribution in [-0.2, 0) is 13.0 Å². The number of β-amino-alcohol motifs (C(OH)–C–C–N with tert-alkyl or cyclic N) is 1. The Balaban J connectivity index is 1.18. The van der Waals surface area contributed by atoms with Crippen LogP contribution in [0.2, 0.25) is 0 Å². The average Bonchev–Trinajstić information content (AvgIpc) is 2.79. The number of fused-ring (bicyclic) bond motifs is 1. The third-order valence-corrected chi connectivity index (χ3v) is 5.72. The summed E-state index contributed by atoms with van der Waals surface area (Å²) >= 11 is 0. The largest absolute Gasteiger partial charge is 0.491 e. The molecule has 6 heteroatoms. The van der Waals surface area contributed by atoms with Gasteiger partial charge in [-0.25, -0.2) is 0 Å². The highest BCUT2D eigenvalue weighted by Crippen LogP contribution is 2.31. The van der Waals surface area contributed by atoms with Gasteiger partial charge in [-0.15, -0.1) is 0 Å². The number of benzene rings is 2. The Morgan fingerprint density at radius 1 is 0.900 bits per heavy atom. The second-order valence-electron chi connectivity index (χ2n) is 8.02. The SMILES string of the molecule is CCc1ccc(OCC(O)CN2CCN(Cc3ccc4c(c3)OCCO4)CC2)cc1. The lowest BCUT2D eigenvalue weighted by Crippen LogP contribution is -2.48. The van der Waals surface area contributed by atoms with Crippen molar-refractivity contribution in [1.82, 2.24) is 9.80 Å². The van der Waals surface area contributed by atoms with Crippen molar-refractivity contribution in [1.29, 1.82) is 0 Å². The summed E-state index contributed by atoms with van der Waals surface area (Å²) in [7, 11) is 0. The predicted molar refractivity (Wildman–Crippen MR) is 116 cm³/mol. The molecule has 2 aromatic carbocycles. The smallest absolute Gasteiger partial charge is 0.161 e. The highest BCUT2D eigenvalue weighted by atomic mass is 16.6. The molecule has 0 saturated carbocycles. The minimum Gasteiger partial charge on any atom is -0.491 e. The molecule has 0 radical (unpaired) electrons. The lowest BCUT2D eigenvalue weighted by molar-refractivity contribution is 0.0446. The van der Waals surface area contributed by atoms with E-state index in [1.165, 1.54) is 11.1 Å². The number of piperazine rings is 1. The van der Waals surface area contributed by atoms with Crippen LogP contribution in [0.25, 0.3) is 0 Å². The molecule has 0 bridgehead atoms. The van der Waals surface area contributed by atoms with Crippen LogP contribution in [0.1, 0.15) is 18.1 Å². The van der Waals surface area contributed by atoms with Crippen LogP contribution in [-0.4, -0.2) is 73.6 Å². The van der Waals surface area contributed by atoms with E-state index in [9.17, 15) is 5.11 Å². The summed E-state index contributed by atoms with van der Waals surface area (Å²) in [6, 6.07) is 14.3. The lowest BCUT2D eigenvalue weighted by atomic mass is 10.1. The Kier molecular flexibility index (Phi) is 7.10. The minimum atomic E-state index is -0.486. The van der Waals surface area contributed by atoms with Crippen LogP contribution in [0.4, 0.5) is 0 Å². The molecule has 0 aliphatic carbocycles. The summed E-state index contributed by atoms with van der Waals surface area (Å²) < 4.78 is 17.0. The molecule has 30 heavy (non-hydrogen) atoms. The molecule has 1 atom stereocenters. The van der Waals surface area contributed by atoms with Gasteiger partial charge in [0.05, 0.1) is 0 Å². The van der Waals surface area contributed by atoms with Gasteiger partial charge in [-0.2, -0.15) is 0 Å². The number of ether oxygens (including phenoxy) is 3. The molecule has 4 rings (SSSR count). The Bertz CT molecular complexity index is 803. The average molecular weight is 413 g/mol. The third kappa shape index (κ3) is 5.65. The van der Waals surface area contributed by atoms with Crippen molar-refractivity contribution in [2.75, 3.05) is 52.5 Å². The number of hydrogen-bond donors (Lipinski definition) is 1. The van der Waals surface area contributed by atoms with Crippen LogP contribution in [0, 0.1) is 0 Å². The highest BCUT2D eigenvalue weighted by Gasteiger charge is 2.20. The molecule has 1 unspecified atom stereocenters. The molecule has 0 spiro atoms. The van der Waals surface area contributed by atoms with E-state index >= 15 is 0 Å². The van der Waals surface area contributed by atoms with Crippen molar-refractivity contribution < 1.29 is 19.3 Å². The molecule has 1 fully saturated rings. The zero-order valence-corrected chi connectivity index (χ0v) is 17.8. The van der Waals surface area contributed by atoms with E-state index in [-0.39, 0.29) is 0 Å². The molecule has 1 N–H and O–H groups in total. The number of aliphatic hydroxyl groups excluding tert-OH is 1. The first-order valence-electron chi connectivity index (χ1n) is 10.9. The second-order valence-corrected chi connectivity index (χ2v) is 8.02. The second kappa shape index (κ2) is 10.2. The Hall–Kier alpha value is -2.28. The topological polar surface area (TPSA) is 54.4 Å². The van der Waals surface area contributed by atoms with Gasteiger partial charge in [0.2, 0.25) is 0 Å². The molecule has 2 aliphatic heterocycles. The van der Waals surface area contributed by atoms with Gasteiger partial charge in [0.1, 0.15) is 31.7 Å². The number of nitrogens with zero attached hydrogens (tertiary/aromatic N) is 2. The summed E-state index contributed by atoms with van der Waals surface area (Å²) in [4.78, 5) is 4.76. The first-order valence-corrected chi connectivity index (χ1v) is 10.9. The van der Waals surface area contributed by atoms with E-state index in [1.807, 2.05) is 18.2 Å². The minimum absolute atomic E-state index is 0.322. The van der Waals surface area contributed by atoms with E-state index in [2.05, 4.69) is 41.0 Å². The highest BCUT2D eigenvalue weighted by molar-refractivity contribution is 5.43. The van der Waals surface area contributed by atoms with Crippen LogP contribution < -0.4 is 14.2 Å². The molecule has 0 aromatic heterocycles. The summed E-state index contributed by atoms with van der Waals surface area (Å²) in [5, 5.41) is 10.4. The fraction of sp³-hybridized carbons (Fsp3) is 0.500. The molecule has 0 amide bonds. The van der Waals surface area contributed by atoms with Crippen molar-refractivity contribution in [2.24, 2.45) is 0 Å². The van der Waals surface area contributed by atoms with Crippen molar-refractivity contribution in [2.45, 2.75) is 26.0 Å². The zero-order valence-electron chi connectivity index (χ0n) is 17.8. The van der Waals surface area contributed by atoms with Gasteiger partial charge in [0, 0.05) is 39.3 Å². The first-order chi connectivity index (χ1) is 14.7. The van der Waals surface area contributed by atoms with E-state index in [0.717, 1.165) is 56.4 Å². The van der Waals surface area contributed by atoms with E-state index in [1.54, 1.807) is 0 Å². The monoisotopic (exact) mass is 412 g/mol. The van der Waals surface area contributed by atoms with Gasteiger partial charge in [-0.1, -0.05) is 25.1 Å². The maximum Gasteiger partial charge on any atom is 0.161 e. The fourth-order valence-electron chi connectivity index (χ4n) is 3.94. The molecule has 162 valence electrons. The maximum absolute atomic E-state index is 10.4. The third-order valence-electron chi connectivity index (χ3n) is 5.72. The normalized spacial score (nSPS) is 18.2. The predicted octanol–water partition coefficient (Wildman–Crippen LogP) is 2.58. The Morgan fingerprint density at radius 3 is 2.30 bits per heavy atom. The summed E-state index contributed by atoms with van der Waals surface area (Å²) in [6.07, 6.45) is 0.531. The molecule has 1 saturated heterocycles. The van der Waals surface area contributed by atoms with E-state index in [0.29, 0.717) is 26.4 Å². The van der Waals surface area contributed by atoms with Crippen molar-refractivity contribution in [3.63, 3.8) is 0 Å². The quantitative estimate of drug-likeness (QED) is 0.719. The van der Waals surface area contributed by atoms with Crippen LogP contribution >= 0.6 is 0 Å². The lowest BCUT2D eigenvalue weighted by Gasteiger charge is -2.35. The van der Waals surface area contributed by atoms with Crippen molar-refractivity contribution in [3.8, 4) is 17.2 Å². The van der Waals surface area contributed by atoms with Crippen molar-refractivity contribution >= 4 is 0 Å². The van der Waals surface area contributed by atoms with Gasteiger partial charge in [-0.05, 0) is 41.8 Å². The standard InChI is InChI=1S/C24H32N2O4/c1-2-19-3-6-22(7-4-19)30-18-21(27)17-26-11-9-25(10-12-26)16-20-5-8-23-24(15-20)29-14-13-28-23/h3-8,15,21,27H,2,9-14,16-18H2,1H3. The number of aryl methyl sites for hydroxylation is 1. The zero-order chi connectivity index (χ0) is 20.8. The van der Waals surface area contributed by atoms with E-state index in [4.69, 9.17) is 14.2 Å². The van der Waals surface area contributed by atoms with Crippen LogP contribution in [0.3, 0.4) is 0 Å². The summed E-state index contributed by atoms with van der Waals surface area (Å²) in [5.74, 6) is 2.51. The van der Waals surface area contributed by atoms with E-state index < -0.39 is 6.10 Å². The van der Waals surface area contributed by atoms with Gasteiger partial charge in [0.25, 0.3) is 0 Å². The number of hydrogen-bond acceptors (Lipinski definition) is 6. The molecular formula is C24H32N2O4.